The number of fused-ring (bicyclic) bond motifs is 3. The van der Waals surface area contributed by atoms with Gasteiger partial charge in [-0.05, 0) is 71.7 Å². The molecule has 6 rings (SSSR count). The van der Waals surface area contributed by atoms with Crippen LogP contribution >= 0.6 is 11.8 Å². The van der Waals surface area contributed by atoms with Crippen LogP contribution in [0, 0.1) is 0 Å². The lowest BCUT2D eigenvalue weighted by Gasteiger charge is -2.12. The molecule has 46 heavy (non-hydrogen) atoms. The summed E-state index contributed by atoms with van der Waals surface area (Å²) in [6.07, 6.45) is 1.67. The summed E-state index contributed by atoms with van der Waals surface area (Å²) in [5.41, 5.74) is 4.92. The summed E-state index contributed by atoms with van der Waals surface area (Å²) in [6, 6.07) is 39.9. The minimum absolute atomic E-state index is 0.00913. The molecule has 0 saturated heterocycles. The third kappa shape index (κ3) is 6.80. The van der Waals surface area contributed by atoms with Crippen LogP contribution in [0.15, 0.2) is 138 Å². The molecule has 0 bridgehead atoms. The highest BCUT2D eigenvalue weighted by atomic mass is 32.2. The highest BCUT2D eigenvalue weighted by Crippen LogP contribution is 2.30. The van der Waals surface area contributed by atoms with Crippen LogP contribution < -0.4 is 10.6 Å². The zero-order chi connectivity index (χ0) is 32.0. The van der Waals surface area contributed by atoms with E-state index in [0.29, 0.717) is 17.2 Å². The maximum Gasteiger partial charge on any atom is 0.272 e. The van der Waals surface area contributed by atoms with Gasteiger partial charge in [-0.2, -0.15) is 0 Å². The first kappa shape index (κ1) is 30.6. The normalized spacial score (nSPS) is 11.6. The van der Waals surface area contributed by atoms with Crippen LogP contribution in [-0.4, -0.2) is 28.0 Å². The first-order valence-electron chi connectivity index (χ1n) is 15.1. The van der Waals surface area contributed by atoms with Gasteiger partial charge in [0.2, 0.25) is 5.91 Å². The lowest BCUT2D eigenvalue weighted by atomic mass is 10.0. The van der Waals surface area contributed by atoms with Gasteiger partial charge in [0.1, 0.15) is 5.70 Å². The van der Waals surface area contributed by atoms with E-state index in [9.17, 15) is 14.4 Å². The summed E-state index contributed by atoms with van der Waals surface area (Å²) in [4.78, 5) is 40.8. The van der Waals surface area contributed by atoms with Crippen molar-refractivity contribution in [3.05, 3.63) is 150 Å². The molecular weight excluding hydrogens is 591 g/mol. The summed E-state index contributed by atoms with van der Waals surface area (Å²) in [5.74, 6) is -0.196. The molecule has 0 spiro atoms. The Balaban J connectivity index is 1.16. The van der Waals surface area contributed by atoms with Gasteiger partial charge in [0, 0.05) is 26.9 Å². The van der Waals surface area contributed by atoms with Gasteiger partial charge in [0.25, 0.3) is 11.8 Å². The minimum atomic E-state index is -0.445. The van der Waals surface area contributed by atoms with Gasteiger partial charge in [0.05, 0.1) is 16.8 Å². The molecule has 0 fully saturated rings. The Bertz CT molecular complexity index is 2010. The van der Waals surface area contributed by atoms with Crippen LogP contribution in [0.5, 0.6) is 0 Å². The number of carbonyl (C=O) groups excluding carboxylic acids is 3. The second kappa shape index (κ2) is 13.7. The summed E-state index contributed by atoms with van der Waals surface area (Å²) in [7, 11) is 0. The number of rotatable bonds is 9. The van der Waals surface area contributed by atoms with E-state index in [1.165, 1.54) is 17.3 Å². The molecule has 0 radical (unpaired) electrons. The fourth-order valence-electron chi connectivity index (χ4n) is 5.32. The first-order chi connectivity index (χ1) is 22.4. The monoisotopic (exact) mass is 623 g/mol. The van der Waals surface area contributed by atoms with Crippen LogP contribution in [0.4, 0.5) is 5.69 Å². The molecule has 228 valence electrons. The SMILES string of the molecule is CC(C)c1ccc(/C=C(\NC(=O)c2ccccc2)C(=O)Nc2ccc(SCC(=O)n3c4ccccc4c4ccccc43)cc2)cc1. The number of thioether (sulfide) groups is 1. The molecule has 0 saturated carbocycles. The summed E-state index contributed by atoms with van der Waals surface area (Å²) in [6.45, 7) is 4.24. The molecule has 0 unspecified atom stereocenters. The molecule has 2 amide bonds. The lowest BCUT2D eigenvalue weighted by Crippen LogP contribution is -2.30. The zero-order valence-corrected chi connectivity index (χ0v) is 26.4. The molecule has 7 heteroatoms. The molecule has 0 atom stereocenters. The average Bonchev–Trinajstić information content (AvgIpc) is 3.42. The largest absolute Gasteiger partial charge is 0.321 e. The van der Waals surface area contributed by atoms with Crippen LogP contribution in [-0.2, 0) is 4.79 Å². The van der Waals surface area contributed by atoms with E-state index in [-0.39, 0.29) is 23.3 Å². The number of anilines is 1. The van der Waals surface area contributed by atoms with Gasteiger partial charge in [0.15, 0.2) is 0 Å². The van der Waals surface area contributed by atoms with E-state index in [0.717, 1.165) is 32.3 Å². The van der Waals surface area contributed by atoms with E-state index in [1.807, 2.05) is 91.0 Å². The number of hydrogen-bond acceptors (Lipinski definition) is 4. The second-order valence-corrected chi connectivity index (χ2v) is 12.3. The van der Waals surface area contributed by atoms with Crippen molar-refractivity contribution in [2.75, 3.05) is 11.1 Å². The third-order valence-corrected chi connectivity index (χ3v) is 8.74. The summed E-state index contributed by atoms with van der Waals surface area (Å²) in [5, 5.41) is 7.80. The number of carbonyl (C=O) groups is 3. The fraction of sp³-hybridized carbons (Fsp3) is 0.103. The number of nitrogens with zero attached hydrogens (tertiary/aromatic N) is 1. The van der Waals surface area contributed by atoms with Crippen molar-refractivity contribution in [2.24, 2.45) is 0 Å². The van der Waals surface area contributed by atoms with E-state index in [4.69, 9.17) is 0 Å². The van der Waals surface area contributed by atoms with Crippen LogP contribution in [0.25, 0.3) is 27.9 Å². The first-order valence-corrected chi connectivity index (χ1v) is 16.1. The number of amides is 2. The molecular formula is C39H33N3O3S. The summed E-state index contributed by atoms with van der Waals surface area (Å²) >= 11 is 1.44. The van der Waals surface area contributed by atoms with Crippen LogP contribution in [0.1, 0.15) is 46.0 Å². The number of aromatic nitrogens is 1. The average molecular weight is 624 g/mol. The quantitative estimate of drug-likeness (QED) is 0.125. The third-order valence-electron chi connectivity index (χ3n) is 7.75. The number of para-hydroxylation sites is 2. The van der Waals surface area contributed by atoms with Gasteiger partial charge in [-0.1, -0.05) is 92.7 Å². The van der Waals surface area contributed by atoms with E-state index < -0.39 is 5.91 Å². The van der Waals surface area contributed by atoms with E-state index >= 15 is 0 Å². The number of benzene rings is 5. The van der Waals surface area contributed by atoms with Gasteiger partial charge >= 0.3 is 0 Å². The Morgan fingerprint density at radius 1 is 0.717 bits per heavy atom. The van der Waals surface area contributed by atoms with Crippen LogP contribution in [0.3, 0.4) is 0 Å². The van der Waals surface area contributed by atoms with Crippen molar-refractivity contribution in [1.82, 2.24) is 9.88 Å². The highest BCUT2D eigenvalue weighted by Gasteiger charge is 2.17. The van der Waals surface area contributed by atoms with Crippen molar-refractivity contribution >= 4 is 63.1 Å². The molecule has 5 aromatic carbocycles. The van der Waals surface area contributed by atoms with Crippen LogP contribution in [0.2, 0.25) is 0 Å². The number of hydrogen-bond donors (Lipinski definition) is 2. The van der Waals surface area contributed by atoms with Gasteiger partial charge < -0.3 is 10.6 Å². The van der Waals surface area contributed by atoms with Crippen molar-refractivity contribution in [3.8, 4) is 0 Å². The standard InChI is InChI=1S/C39H33N3O3S/c1-26(2)28-18-16-27(17-19-28)24-34(41-38(44)29-10-4-3-5-11-29)39(45)40-30-20-22-31(23-21-30)46-25-37(43)42-35-14-8-6-12-32(35)33-13-7-9-15-36(33)42/h3-24,26H,25H2,1-2H3,(H,40,45)(H,41,44)/b34-24-. The van der Waals surface area contributed by atoms with Crippen molar-refractivity contribution in [1.29, 1.82) is 0 Å². The minimum Gasteiger partial charge on any atom is -0.321 e. The lowest BCUT2D eigenvalue weighted by molar-refractivity contribution is -0.113. The van der Waals surface area contributed by atoms with Gasteiger partial charge in [-0.15, -0.1) is 11.8 Å². The second-order valence-electron chi connectivity index (χ2n) is 11.2. The maximum atomic E-state index is 13.5. The molecule has 6 nitrogen and oxygen atoms in total. The molecule has 6 aromatic rings. The summed E-state index contributed by atoms with van der Waals surface area (Å²) < 4.78 is 1.79. The predicted molar refractivity (Wildman–Crippen MR) is 188 cm³/mol. The molecule has 0 aliphatic carbocycles. The molecule has 0 aliphatic heterocycles. The van der Waals surface area contributed by atoms with E-state index in [2.05, 4.69) is 24.5 Å². The number of nitrogens with one attached hydrogen (secondary N) is 2. The predicted octanol–water partition coefficient (Wildman–Crippen LogP) is 8.76. The van der Waals surface area contributed by atoms with E-state index in [1.54, 1.807) is 47.0 Å². The molecule has 0 aliphatic rings. The van der Waals surface area contributed by atoms with Crippen molar-refractivity contribution in [3.63, 3.8) is 0 Å². The molecule has 1 aromatic heterocycles. The van der Waals surface area contributed by atoms with Crippen molar-refractivity contribution in [2.45, 2.75) is 24.7 Å². The fourth-order valence-corrected chi connectivity index (χ4v) is 6.07. The Morgan fingerprint density at radius 3 is 1.91 bits per heavy atom. The Labute approximate surface area is 272 Å². The zero-order valence-electron chi connectivity index (χ0n) is 25.6. The van der Waals surface area contributed by atoms with Crippen molar-refractivity contribution < 1.29 is 14.4 Å². The maximum absolute atomic E-state index is 13.5. The highest BCUT2D eigenvalue weighted by molar-refractivity contribution is 8.00. The molecule has 1 heterocycles. The topological polar surface area (TPSA) is 80.2 Å². The Kier molecular flexibility index (Phi) is 9.13. The van der Waals surface area contributed by atoms with Gasteiger partial charge in [-0.3, -0.25) is 19.0 Å². The van der Waals surface area contributed by atoms with Gasteiger partial charge in [-0.25, -0.2) is 0 Å². The Morgan fingerprint density at radius 2 is 1.30 bits per heavy atom. The molecule has 2 N–H and O–H groups in total. The smallest absolute Gasteiger partial charge is 0.272 e. The Hall–Kier alpha value is -5.40.